The van der Waals surface area contributed by atoms with Crippen molar-refractivity contribution in [2.24, 2.45) is 47.3 Å². The highest BCUT2D eigenvalue weighted by atomic mass is 16.5. The Labute approximate surface area is 261 Å². The highest BCUT2D eigenvalue weighted by Crippen LogP contribution is 2.60. The van der Waals surface area contributed by atoms with Gasteiger partial charge in [0.1, 0.15) is 0 Å². The SMILES string of the molecule is N#CC1C2OC3CCCCC3C2C(N2C3CCCCC3C3CCCCC32)C(C#N)C1N1C2CCCCC2C2CCCCC21. The van der Waals surface area contributed by atoms with Gasteiger partial charge in [0.25, 0.3) is 0 Å². The first kappa shape index (κ1) is 28.1. The number of likely N-dealkylation sites (tertiary alicyclic amines) is 2. The summed E-state index contributed by atoms with van der Waals surface area (Å²) in [6.07, 6.45) is 27.1. The number of nitrogens with zero attached hydrogens (tertiary/aromatic N) is 4. The third kappa shape index (κ3) is 4.16. The van der Waals surface area contributed by atoms with Crippen LogP contribution < -0.4 is 0 Å². The third-order valence-electron chi connectivity index (χ3n) is 15.6. The molecule has 6 aliphatic carbocycles. The summed E-state index contributed by atoms with van der Waals surface area (Å²) < 4.78 is 7.20. The molecule has 16 atom stereocenters. The van der Waals surface area contributed by atoms with Crippen LogP contribution in [0.3, 0.4) is 0 Å². The molecule has 3 heterocycles. The van der Waals surface area contributed by atoms with Crippen molar-refractivity contribution in [1.29, 1.82) is 10.5 Å². The summed E-state index contributed by atoms with van der Waals surface area (Å²) in [5, 5.41) is 22.7. The van der Waals surface area contributed by atoms with E-state index >= 15 is 0 Å². The second-order valence-corrected chi connectivity index (χ2v) is 16.9. The summed E-state index contributed by atoms with van der Waals surface area (Å²) in [5.74, 6) is 3.94. The molecule has 5 heteroatoms. The van der Waals surface area contributed by atoms with E-state index < -0.39 is 0 Å². The Morgan fingerprint density at radius 1 is 0.442 bits per heavy atom. The Morgan fingerprint density at radius 2 is 0.837 bits per heavy atom. The van der Waals surface area contributed by atoms with Crippen LogP contribution >= 0.6 is 0 Å². The summed E-state index contributed by atoms with van der Waals surface area (Å²) in [4.78, 5) is 6.03. The molecule has 16 unspecified atom stereocenters. The Bertz CT molecular complexity index is 1080. The average molecular weight is 585 g/mol. The number of rotatable bonds is 2. The fourth-order valence-corrected chi connectivity index (χ4v) is 14.4. The van der Waals surface area contributed by atoms with Gasteiger partial charge in [-0.25, -0.2) is 0 Å². The molecule has 0 bridgehead atoms. The highest BCUT2D eigenvalue weighted by Gasteiger charge is 2.67. The van der Waals surface area contributed by atoms with E-state index in [9.17, 15) is 10.5 Å². The molecule has 234 valence electrons. The summed E-state index contributed by atoms with van der Waals surface area (Å²) in [6.45, 7) is 0. The highest BCUT2D eigenvalue weighted by molar-refractivity contribution is 5.24. The van der Waals surface area contributed by atoms with Gasteiger partial charge in [0.15, 0.2) is 0 Å². The summed E-state index contributed by atoms with van der Waals surface area (Å²) >= 11 is 0. The second-order valence-electron chi connectivity index (χ2n) is 16.9. The van der Waals surface area contributed by atoms with Gasteiger partial charge in [-0.3, -0.25) is 9.80 Å². The molecule has 0 amide bonds. The summed E-state index contributed by atoms with van der Waals surface area (Å²) in [5.41, 5.74) is 0. The third-order valence-corrected chi connectivity index (χ3v) is 15.6. The van der Waals surface area contributed by atoms with E-state index in [1.165, 1.54) is 128 Å². The average Bonchev–Trinajstić information content (AvgIpc) is 3.72. The Morgan fingerprint density at radius 3 is 1.30 bits per heavy atom. The van der Waals surface area contributed by atoms with Crippen molar-refractivity contribution in [3.63, 3.8) is 0 Å². The lowest BCUT2D eigenvalue weighted by Gasteiger charge is -2.56. The number of hydrogen-bond donors (Lipinski definition) is 0. The molecule has 0 aromatic carbocycles. The van der Waals surface area contributed by atoms with Gasteiger partial charge in [-0.15, -0.1) is 0 Å². The monoisotopic (exact) mass is 584 g/mol. The van der Waals surface area contributed by atoms with Crippen LogP contribution in [-0.2, 0) is 4.74 Å². The molecule has 9 aliphatic rings. The maximum Gasteiger partial charge on any atom is 0.0897 e. The van der Waals surface area contributed by atoms with Crippen LogP contribution in [0.2, 0.25) is 0 Å². The molecule has 3 aliphatic heterocycles. The summed E-state index contributed by atoms with van der Waals surface area (Å²) in [7, 11) is 0. The lowest BCUT2D eigenvalue weighted by Crippen LogP contribution is -2.68. The standard InChI is InChI=1S/C38H56N4O/c39-21-28-36(41-30-16-6-1-11-23(30)24-12-2-7-17-31(24)41)29(22-40)38-35(27-15-5-10-20-34(27)43-38)37(28)42-32-18-8-3-13-25(32)26-14-4-9-19-33(26)42/h23-38H,1-20H2. The normalized spacial score (nSPS) is 54.7. The topological polar surface area (TPSA) is 63.3 Å². The first-order valence-corrected chi connectivity index (χ1v) is 19.3. The first-order valence-electron chi connectivity index (χ1n) is 19.3. The van der Waals surface area contributed by atoms with Crippen LogP contribution in [0.15, 0.2) is 0 Å². The van der Waals surface area contributed by atoms with E-state index in [4.69, 9.17) is 4.74 Å². The first-order chi connectivity index (χ1) is 21.3. The van der Waals surface area contributed by atoms with Gasteiger partial charge in [0, 0.05) is 42.2 Å². The second kappa shape index (κ2) is 11.3. The van der Waals surface area contributed by atoms with Crippen molar-refractivity contribution < 1.29 is 4.74 Å². The van der Waals surface area contributed by atoms with E-state index in [1.807, 2.05) is 0 Å². The molecule has 0 radical (unpaired) electrons. The van der Waals surface area contributed by atoms with Gasteiger partial charge in [-0.2, -0.15) is 10.5 Å². The molecule has 0 aromatic rings. The maximum atomic E-state index is 11.5. The van der Waals surface area contributed by atoms with Crippen molar-refractivity contribution in [2.75, 3.05) is 0 Å². The zero-order valence-electron chi connectivity index (χ0n) is 26.6. The van der Waals surface area contributed by atoms with E-state index in [0.29, 0.717) is 42.1 Å². The minimum absolute atomic E-state index is 0.0204. The Kier molecular flexibility index (Phi) is 7.38. The molecule has 0 spiro atoms. The van der Waals surface area contributed by atoms with Crippen LogP contribution in [0, 0.1) is 70.0 Å². The predicted octanol–water partition coefficient (Wildman–Crippen LogP) is 7.46. The van der Waals surface area contributed by atoms with Crippen LogP contribution in [0.5, 0.6) is 0 Å². The lowest BCUT2D eigenvalue weighted by molar-refractivity contribution is -0.107. The quantitative estimate of drug-likeness (QED) is 0.337. The van der Waals surface area contributed by atoms with Gasteiger partial charge < -0.3 is 4.74 Å². The molecule has 6 saturated carbocycles. The fourth-order valence-electron chi connectivity index (χ4n) is 14.4. The van der Waals surface area contributed by atoms with E-state index in [1.54, 1.807) is 0 Å². The molecule has 3 saturated heterocycles. The summed E-state index contributed by atoms with van der Waals surface area (Å²) in [6, 6.07) is 8.90. The Hall–Kier alpha value is -1.14. The minimum Gasteiger partial charge on any atom is -0.373 e. The minimum atomic E-state index is -0.160. The largest absolute Gasteiger partial charge is 0.373 e. The molecular formula is C38H56N4O. The zero-order chi connectivity index (χ0) is 28.7. The lowest BCUT2D eigenvalue weighted by atomic mass is 9.61. The van der Waals surface area contributed by atoms with Crippen LogP contribution in [0.4, 0.5) is 0 Å². The van der Waals surface area contributed by atoms with Gasteiger partial charge in [0.2, 0.25) is 0 Å². The number of nitriles is 2. The van der Waals surface area contributed by atoms with Gasteiger partial charge in [-0.05, 0) is 93.8 Å². The molecule has 43 heavy (non-hydrogen) atoms. The number of hydrogen-bond acceptors (Lipinski definition) is 5. The smallest absolute Gasteiger partial charge is 0.0897 e. The van der Waals surface area contributed by atoms with E-state index in [0.717, 1.165) is 23.7 Å². The van der Waals surface area contributed by atoms with Crippen molar-refractivity contribution in [2.45, 2.75) is 177 Å². The van der Waals surface area contributed by atoms with Crippen LogP contribution in [-0.4, -0.2) is 58.3 Å². The van der Waals surface area contributed by atoms with E-state index in [2.05, 4.69) is 21.9 Å². The van der Waals surface area contributed by atoms with Crippen molar-refractivity contribution in [3.05, 3.63) is 0 Å². The van der Waals surface area contributed by atoms with Crippen molar-refractivity contribution >= 4 is 0 Å². The van der Waals surface area contributed by atoms with Crippen LogP contribution in [0.1, 0.15) is 128 Å². The maximum absolute atomic E-state index is 11.5. The van der Waals surface area contributed by atoms with E-state index in [-0.39, 0.29) is 30.0 Å². The van der Waals surface area contributed by atoms with Crippen molar-refractivity contribution in [1.82, 2.24) is 9.80 Å². The van der Waals surface area contributed by atoms with Gasteiger partial charge in [-0.1, -0.05) is 64.2 Å². The molecule has 9 fully saturated rings. The Balaban J connectivity index is 1.18. The zero-order valence-corrected chi connectivity index (χ0v) is 26.6. The molecule has 9 rings (SSSR count). The molecule has 5 nitrogen and oxygen atoms in total. The van der Waals surface area contributed by atoms with Crippen molar-refractivity contribution in [3.8, 4) is 12.1 Å². The molecule has 0 aromatic heterocycles. The molecule has 0 N–H and O–H groups in total. The number of fused-ring (bicyclic) bond motifs is 9. The van der Waals surface area contributed by atoms with Crippen LogP contribution in [0.25, 0.3) is 0 Å². The molecular weight excluding hydrogens is 528 g/mol. The van der Waals surface area contributed by atoms with Gasteiger partial charge >= 0.3 is 0 Å². The van der Waals surface area contributed by atoms with Gasteiger partial charge in [0.05, 0.1) is 36.2 Å². The predicted molar refractivity (Wildman–Crippen MR) is 167 cm³/mol. The number of ether oxygens (including phenoxy) is 1. The fraction of sp³-hybridized carbons (Fsp3) is 0.947.